The van der Waals surface area contributed by atoms with E-state index in [1.807, 2.05) is 0 Å². The topological polar surface area (TPSA) is 59.4 Å². The van der Waals surface area contributed by atoms with Gasteiger partial charge in [-0.25, -0.2) is 4.79 Å². The Balaban J connectivity index is 3.29. The Morgan fingerprint density at radius 1 is 1.47 bits per heavy atom. The molecule has 0 aliphatic carbocycles. The molecule has 1 heterocycles. The van der Waals surface area contributed by atoms with E-state index in [2.05, 4.69) is 20.9 Å². The van der Waals surface area contributed by atoms with Crippen molar-refractivity contribution in [1.82, 2.24) is 4.98 Å². The largest absolute Gasteiger partial charge is 0.506 e. The first kappa shape index (κ1) is 12.0. The molecule has 0 bridgehead atoms. The van der Waals surface area contributed by atoms with Gasteiger partial charge in [-0.1, -0.05) is 0 Å². The van der Waals surface area contributed by atoms with E-state index >= 15 is 0 Å². The Bertz CT molecular complexity index is 404. The lowest BCUT2D eigenvalue weighted by atomic mass is 10.1. The monoisotopic (exact) mass is 273 g/mol. The highest BCUT2D eigenvalue weighted by molar-refractivity contribution is 9.10. The summed E-state index contributed by atoms with van der Waals surface area (Å²) >= 11 is 3.16. The number of aromatic nitrogens is 1. The van der Waals surface area contributed by atoms with Crippen LogP contribution in [0.3, 0.4) is 0 Å². The first-order valence-corrected chi connectivity index (χ1v) is 5.31. The minimum atomic E-state index is -0.555. The summed E-state index contributed by atoms with van der Waals surface area (Å²) in [7, 11) is 0. The number of hydrogen-bond acceptors (Lipinski definition) is 4. The maximum atomic E-state index is 11.5. The first-order chi connectivity index (χ1) is 6.99. The van der Waals surface area contributed by atoms with Gasteiger partial charge in [0.25, 0.3) is 0 Å². The molecule has 0 saturated carbocycles. The van der Waals surface area contributed by atoms with Gasteiger partial charge in [0.15, 0.2) is 0 Å². The molecule has 4 nitrogen and oxygen atoms in total. The van der Waals surface area contributed by atoms with Crippen molar-refractivity contribution in [3.05, 3.63) is 21.4 Å². The molecule has 0 unspecified atom stereocenters. The molecule has 1 N–H and O–H groups in total. The third-order valence-corrected chi connectivity index (χ3v) is 2.89. The molecule has 82 valence electrons. The zero-order valence-electron chi connectivity index (χ0n) is 8.80. The number of aryl methyl sites for hydroxylation is 2. The average molecular weight is 274 g/mol. The van der Waals surface area contributed by atoms with Gasteiger partial charge in [0.1, 0.15) is 11.3 Å². The van der Waals surface area contributed by atoms with Gasteiger partial charge in [0.05, 0.1) is 22.5 Å². The van der Waals surface area contributed by atoms with Crippen molar-refractivity contribution >= 4 is 21.9 Å². The van der Waals surface area contributed by atoms with Gasteiger partial charge >= 0.3 is 5.97 Å². The number of hydrogen-bond donors (Lipinski definition) is 1. The summed E-state index contributed by atoms with van der Waals surface area (Å²) in [6.07, 6.45) is 0. The Morgan fingerprint density at radius 3 is 2.60 bits per heavy atom. The summed E-state index contributed by atoms with van der Waals surface area (Å²) in [4.78, 5) is 15.6. The quantitative estimate of drug-likeness (QED) is 0.841. The van der Waals surface area contributed by atoms with Crippen molar-refractivity contribution in [3.63, 3.8) is 0 Å². The average Bonchev–Trinajstić information content (AvgIpc) is 2.15. The second-order valence-electron chi connectivity index (χ2n) is 3.04. The molecule has 0 aromatic carbocycles. The lowest BCUT2D eigenvalue weighted by Crippen LogP contribution is -2.09. The molecule has 0 atom stereocenters. The lowest BCUT2D eigenvalue weighted by molar-refractivity contribution is 0.0521. The van der Waals surface area contributed by atoms with Crippen LogP contribution in [-0.2, 0) is 4.74 Å². The van der Waals surface area contributed by atoms with Gasteiger partial charge in [0.2, 0.25) is 0 Å². The van der Waals surface area contributed by atoms with Gasteiger partial charge in [-0.2, -0.15) is 0 Å². The van der Waals surface area contributed by atoms with E-state index in [-0.39, 0.29) is 17.9 Å². The summed E-state index contributed by atoms with van der Waals surface area (Å²) in [5.41, 5.74) is 1.22. The molecule has 1 aromatic heterocycles. The Hall–Kier alpha value is -1.10. The second-order valence-corrected chi connectivity index (χ2v) is 3.83. The van der Waals surface area contributed by atoms with E-state index in [1.165, 1.54) is 0 Å². The molecule has 0 spiro atoms. The van der Waals surface area contributed by atoms with Crippen molar-refractivity contribution in [3.8, 4) is 5.75 Å². The molecule has 0 amide bonds. The zero-order chi connectivity index (χ0) is 11.6. The summed E-state index contributed by atoms with van der Waals surface area (Å²) in [5, 5.41) is 9.77. The van der Waals surface area contributed by atoms with Crippen molar-refractivity contribution in [2.24, 2.45) is 0 Å². The van der Waals surface area contributed by atoms with Crippen molar-refractivity contribution in [1.29, 1.82) is 0 Å². The standard InChI is InChI=1S/C10H12BrNO3/c1-4-15-10(14)7-5(2)12-6(3)8(11)9(7)13/h4H2,1-3H3,(H,12,13). The minimum absolute atomic E-state index is 0.113. The Morgan fingerprint density at radius 2 is 2.07 bits per heavy atom. The molecule has 1 rings (SSSR count). The zero-order valence-corrected chi connectivity index (χ0v) is 10.4. The molecular formula is C10H12BrNO3. The number of esters is 1. The van der Waals surface area contributed by atoms with Crippen LogP contribution in [0.5, 0.6) is 5.75 Å². The van der Waals surface area contributed by atoms with Crippen LogP contribution in [0.1, 0.15) is 28.7 Å². The van der Waals surface area contributed by atoms with Crippen LogP contribution < -0.4 is 0 Å². The fourth-order valence-corrected chi connectivity index (χ4v) is 1.54. The molecular weight excluding hydrogens is 262 g/mol. The van der Waals surface area contributed by atoms with E-state index in [4.69, 9.17) is 4.74 Å². The van der Waals surface area contributed by atoms with E-state index in [0.29, 0.717) is 15.9 Å². The molecule has 0 aliphatic rings. The third kappa shape index (κ3) is 2.28. The number of aromatic hydroxyl groups is 1. The van der Waals surface area contributed by atoms with E-state index in [1.54, 1.807) is 20.8 Å². The maximum absolute atomic E-state index is 11.5. The van der Waals surface area contributed by atoms with E-state index < -0.39 is 5.97 Å². The van der Waals surface area contributed by atoms with Gasteiger partial charge in [-0.3, -0.25) is 4.98 Å². The summed E-state index contributed by atoms with van der Waals surface area (Å²) in [6.45, 7) is 5.38. The van der Waals surface area contributed by atoms with Crippen LogP contribution in [0, 0.1) is 13.8 Å². The van der Waals surface area contributed by atoms with Crippen LogP contribution in [-0.4, -0.2) is 22.7 Å². The minimum Gasteiger partial charge on any atom is -0.506 e. The van der Waals surface area contributed by atoms with Crippen LogP contribution in [0.4, 0.5) is 0 Å². The summed E-state index contributed by atoms with van der Waals surface area (Å²) in [5.74, 6) is -0.667. The number of carbonyl (C=O) groups excluding carboxylic acids is 1. The van der Waals surface area contributed by atoms with Crippen molar-refractivity contribution < 1.29 is 14.6 Å². The van der Waals surface area contributed by atoms with Gasteiger partial charge in [0, 0.05) is 0 Å². The fourth-order valence-electron chi connectivity index (χ4n) is 1.26. The van der Waals surface area contributed by atoms with E-state index in [0.717, 1.165) is 0 Å². The molecule has 0 saturated heterocycles. The summed E-state index contributed by atoms with van der Waals surface area (Å²) in [6, 6.07) is 0. The molecule has 5 heteroatoms. The van der Waals surface area contributed by atoms with Crippen LogP contribution in [0.15, 0.2) is 4.47 Å². The highest BCUT2D eigenvalue weighted by Crippen LogP contribution is 2.31. The Labute approximate surface area is 96.4 Å². The second kappa shape index (κ2) is 4.61. The molecule has 15 heavy (non-hydrogen) atoms. The normalized spacial score (nSPS) is 10.1. The smallest absolute Gasteiger partial charge is 0.343 e. The number of carbonyl (C=O) groups is 1. The predicted molar refractivity (Wildman–Crippen MR) is 59.0 cm³/mol. The highest BCUT2D eigenvalue weighted by atomic mass is 79.9. The highest BCUT2D eigenvalue weighted by Gasteiger charge is 2.20. The fraction of sp³-hybridized carbons (Fsp3) is 0.400. The van der Waals surface area contributed by atoms with Crippen molar-refractivity contribution in [2.45, 2.75) is 20.8 Å². The van der Waals surface area contributed by atoms with Gasteiger partial charge < -0.3 is 9.84 Å². The number of rotatable bonds is 2. The van der Waals surface area contributed by atoms with Crippen LogP contribution in [0.2, 0.25) is 0 Å². The van der Waals surface area contributed by atoms with E-state index in [9.17, 15) is 9.90 Å². The van der Waals surface area contributed by atoms with Crippen LogP contribution in [0.25, 0.3) is 0 Å². The SMILES string of the molecule is CCOC(=O)c1c(C)nc(C)c(Br)c1O. The molecule has 1 aromatic rings. The number of halogens is 1. The molecule has 0 aliphatic heterocycles. The lowest BCUT2D eigenvalue weighted by Gasteiger charge is -2.10. The van der Waals surface area contributed by atoms with Gasteiger partial charge in [-0.15, -0.1) is 0 Å². The molecule has 0 fully saturated rings. The Kier molecular flexibility index (Phi) is 3.68. The number of nitrogens with zero attached hydrogens (tertiary/aromatic N) is 1. The number of ether oxygens (including phenoxy) is 1. The predicted octanol–water partition coefficient (Wildman–Crippen LogP) is 2.34. The maximum Gasteiger partial charge on any atom is 0.343 e. The van der Waals surface area contributed by atoms with Gasteiger partial charge in [-0.05, 0) is 36.7 Å². The van der Waals surface area contributed by atoms with Crippen LogP contribution >= 0.6 is 15.9 Å². The third-order valence-electron chi connectivity index (χ3n) is 1.94. The first-order valence-electron chi connectivity index (χ1n) is 4.51. The molecule has 0 radical (unpaired) electrons. The summed E-state index contributed by atoms with van der Waals surface area (Å²) < 4.78 is 5.25. The van der Waals surface area contributed by atoms with Crippen molar-refractivity contribution in [2.75, 3.05) is 6.61 Å². The number of pyridine rings is 1.